The highest BCUT2D eigenvalue weighted by molar-refractivity contribution is 5.51. The van der Waals surface area contributed by atoms with E-state index in [2.05, 4.69) is 56.0 Å². The average molecular weight is 413 g/mol. The van der Waals surface area contributed by atoms with Gasteiger partial charge in [-0.15, -0.1) is 0 Å². The van der Waals surface area contributed by atoms with E-state index in [1.54, 1.807) is 12.1 Å². The van der Waals surface area contributed by atoms with Crippen LogP contribution in [-0.2, 0) is 19.3 Å². The third-order valence-electron chi connectivity index (χ3n) is 6.84. The fourth-order valence-electron chi connectivity index (χ4n) is 5.02. The van der Waals surface area contributed by atoms with Crippen molar-refractivity contribution in [1.29, 1.82) is 0 Å². The van der Waals surface area contributed by atoms with Crippen molar-refractivity contribution in [2.24, 2.45) is 0 Å². The predicted octanol–water partition coefficient (Wildman–Crippen LogP) is 8.26. The largest absolute Gasteiger partial charge is 0.207 e. The number of unbranched alkanes of at least 4 members (excludes halogenated alkanes) is 1. The molecule has 4 rings (SSSR count). The summed E-state index contributed by atoms with van der Waals surface area (Å²) in [5.74, 6) is 0.762. The smallest absolute Gasteiger partial charge is 0.123 e. The van der Waals surface area contributed by atoms with Gasteiger partial charge in [0.25, 0.3) is 0 Å². The zero-order chi connectivity index (χ0) is 21.6. The van der Waals surface area contributed by atoms with Gasteiger partial charge < -0.3 is 0 Å². The van der Waals surface area contributed by atoms with Crippen LogP contribution in [0.3, 0.4) is 0 Å². The maximum Gasteiger partial charge on any atom is 0.123 e. The molecule has 0 saturated heterocycles. The molecular formula is C30H33F. The maximum absolute atomic E-state index is 13.5. The Morgan fingerprint density at radius 1 is 0.968 bits per heavy atom. The van der Waals surface area contributed by atoms with Crippen LogP contribution in [0, 0.1) is 5.82 Å². The van der Waals surface area contributed by atoms with Crippen molar-refractivity contribution in [1.82, 2.24) is 0 Å². The Morgan fingerprint density at radius 3 is 2.42 bits per heavy atom. The van der Waals surface area contributed by atoms with Crippen molar-refractivity contribution in [3.63, 3.8) is 0 Å². The molecule has 1 aliphatic carbocycles. The van der Waals surface area contributed by atoms with Gasteiger partial charge in [0.05, 0.1) is 0 Å². The molecule has 0 aromatic heterocycles. The van der Waals surface area contributed by atoms with Crippen LogP contribution in [0.5, 0.6) is 0 Å². The number of aryl methyl sites for hydroxylation is 2. The number of halogens is 1. The van der Waals surface area contributed by atoms with Gasteiger partial charge in [-0.3, -0.25) is 0 Å². The van der Waals surface area contributed by atoms with Gasteiger partial charge in [0.15, 0.2) is 0 Å². The van der Waals surface area contributed by atoms with Crippen LogP contribution in [0.1, 0.15) is 77.8 Å². The second-order valence-corrected chi connectivity index (χ2v) is 9.01. The van der Waals surface area contributed by atoms with Gasteiger partial charge >= 0.3 is 0 Å². The lowest BCUT2D eigenvalue weighted by atomic mass is 9.82. The minimum absolute atomic E-state index is 0.156. The van der Waals surface area contributed by atoms with Gasteiger partial charge in [-0.2, -0.15) is 0 Å². The Hall–Kier alpha value is -2.67. The van der Waals surface area contributed by atoms with Gasteiger partial charge in [-0.25, -0.2) is 4.39 Å². The first-order valence-corrected chi connectivity index (χ1v) is 11.7. The van der Waals surface area contributed by atoms with Gasteiger partial charge in [0.1, 0.15) is 5.82 Å². The molecule has 31 heavy (non-hydrogen) atoms. The topological polar surface area (TPSA) is 0 Å². The fraction of sp³-hybridized carbons (Fsp3) is 0.333. The van der Waals surface area contributed by atoms with E-state index in [-0.39, 0.29) is 5.82 Å². The summed E-state index contributed by atoms with van der Waals surface area (Å²) in [7, 11) is 0. The summed E-state index contributed by atoms with van der Waals surface area (Å²) in [4.78, 5) is 0. The van der Waals surface area contributed by atoms with E-state index >= 15 is 0 Å². The summed E-state index contributed by atoms with van der Waals surface area (Å²) in [6.07, 6.45) is 9.90. The van der Waals surface area contributed by atoms with E-state index in [1.807, 2.05) is 18.2 Å². The van der Waals surface area contributed by atoms with Crippen LogP contribution in [0.15, 0.2) is 73.3 Å². The van der Waals surface area contributed by atoms with E-state index in [0.717, 1.165) is 25.7 Å². The van der Waals surface area contributed by atoms with E-state index < -0.39 is 0 Å². The van der Waals surface area contributed by atoms with Crippen molar-refractivity contribution >= 4 is 6.08 Å². The Bertz CT molecular complexity index is 998. The second-order valence-electron chi connectivity index (χ2n) is 9.01. The molecule has 2 atom stereocenters. The molecule has 0 N–H and O–H groups in total. The van der Waals surface area contributed by atoms with Gasteiger partial charge in [-0.1, -0.05) is 80.6 Å². The molecule has 160 valence electrons. The Kier molecular flexibility index (Phi) is 7.02. The van der Waals surface area contributed by atoms with Crippen LogP contribution in [0.2, 0.25) is 0 Å². The Balaban J connectivity index is 1.61. The third-order valence-corrected chi connectivity index (χ3v) is 6.84. The van der Waals surface area contributed by atoms with Crippen LogP contribution in [0.25, 0.3) is 6.08 Å². The third kappa shape index (κ3) is 5.34. The first-order chi connectivity index (χ1) is 15.2. The van der Waals surface area contributed by atoms with Crippen molar-refractivity contribution in [3.8, 4) is 0 Å². The Morgan fingerprint density at radius 2 is 1.71 bits per heavy atom. The average Bonchev–Trinajstić information content (AvgIpc) is 2.98. The molecule has 0 spiro atoms. The highest BCUT2D eigenvalue weighted by atomic mass is 19.1. The second kappa shape index (κ2) is 10.1. The number of benzene rings is 3. The lowest BCUT2D eigenvalue weighted by molar-refractivity contribution is 0.522. The maximum atomic E-state index is 13.5. The summed E-state index contributed by atoms with van der Waals surface area (Å²) in [5.41, 5.74) is 8.23. The summed E-state index contributed by atoms with van der Waals surface area (Å²) in [6.45, 7) is 6.20. The molecule has 2 unspecified atom stereocenters. The van der Waals surface area contributed by atoms with Crippen LogP contribution < -0.4 is 0 Å². The van der Waals surface area contributed by atoms with E-state index in [1.165, 1.54) is 52.6 Å². The number of fused-ring (bicyclic) bond motifs is 1. The molecule has 0 heterocycles. The highest BCUT2D eigenvalue weighted by Gasteiger charge is 2.26. The minimum atomic E-state index is -0.156. The first kappa shape index (κ1) is 21.6. The van der Waals surface area contributed by atoms with Crippen LogP contribution in [-0.4, -0.2) is 0 Å². The summed E-state index contributed by atoms with van der Waals surface area (Å²) in [5, 5.41) is 0. The lowest BCUT2D eigenvalue weighted by Gasteiger charge is -2.22. The number of hydrogen-bond acceptors (Lipinski definition) is 0. The molecule has 0 fully saturated rings. The van der Waals surface area contributed by atoms with Gasteiger partial charge in [0.2, 0.25) is 0 Å². The monoisotopic (exact) mass is 412 g/mol. The van der Waals surface area contributed by atoms with E-state index in [9.17, 15) is 4.39 Å². The van der Waals surface area contributed by atoms with Crippen LogP contribution in [0.4, 0.5) is 4.39 Å². The van der Waals surface area contributed by atoms with Gasteiger partial charge in [-0.05, 0) is 95.9 Å². The molecular weight excluding hydrogens is 379 g/mol. The normalized spacial score (nSPS) is 18.3. The first-order valence-electron chi connectivity index (χ1n) is 11.7. The van der Waals surface area contributed by atoms with Crippen molar-refractivity contribution in [2.45, 2.75) is 63.7 Å². The highest BCUT2D eigenvalue weighted by Crippen LogP contribution is 2.40. The molecule has 0 amide bonds. The SMILES string of the molecule is C=Cc1ccc2c(c1)CCC(c1ccc(F)cc1)CC2Cc1ccc(CCCC)cc1. The van der Waals surface area contributed by atoms with E-state index in [4.69, 9.17) is 0 Å². The number of rotatable bonds is 7. The molecule has 0 bridgehead atoms. The molecule has 3 aromatic carbocycles. The molecule has 0 radical (unpaired) electrons. The summed E-state index contributed by atoms with van der Waals surface area (Å²) < 4.78 is 13.5. The Labute approximate surface area is 186 Å². The van der Waals surface area contributed by atoms with Crippen LogP contribution >= 0.6 is 0 Å². The summed E-state index contributed by atoms with van der Waals surface area (Å²) >= 11 is 0. The fourth-order valence-corrected chi connectivity index (χ4v) is 5.02. The lowest BCUT2D eigenvalue weighted by Crippen LogP contribution is -2.08. The standard InChI is InChI=1S/C30H33F/c1-3-5-6-23-7-9-24(10-8-23)20-28-21-26(25-14-16-29(31)17-15-25)12-13-27-19-22(4-2)11-18-30(27)28/h4,7-11,14-19,26,28H,2-3,5-6,12-13,20-21H2,1H3. The van der Waals surface area contributed by atoms with Crippen molar-refractivity contribution < 1.29 is 4.39 Å². The molecule has 1 aliphatic rings. The number of hydrogen-bond donors (Lipinski definition) is 0. The minimum Gasteiger partial charge on any atom is -0.207 e. The summed E-state index contributed by atoms with van der Waals surface area (Å²) in [6, 6.07) is 23.2. The zero-order valence-corrected chi connectivity index (χ0v) is 18.6. The molecule has 0 aliphatic heterocycles. The van der Waals surface area contributed by atoms with Gasteiger partial charge in [0, 0.05) is 0 Å². The molecule has 0 saturated carbocycles. The van der Waals surface area contributed by atoms with Crippen molar-refractivity contribution in [3.05, 3.63) is 113 Å². The predicted molar refractivity (Wildman–Crippen MR) is 130 cm³/mol. The van der Waals surface area contributed by atoms with E-state index in [0.29, 0.717) is 11.8 Å². The zero-order valence-electron chi connectivity index (χ0n) is 18.6. The molecule has 3 aromatic rings. The molecule has 0 nitrogen and oxygen atoms in total. The quantitative estimate of drug-likeness (QED) is 0.343. The molecule has 1 heteroatoms. The van der Waals surface area contributed by atoms with Crippen molar-refractivity contribution in [2.75, 3.05) is 0 Å².